The third-order valence-electron chi connectivity index (χ3n) is 6.28. The lowest BCUT2D eigenvalue weighted by atomic mass is 9.88. The number of nitrogens with zero attached hydrogens (tertiary/aromatic N) is 2. The number of methoxy groups -OCH3 is 1. The lowest BCUT2D eigenvalue weighted by Gasteiger charge is -2.39. The van der Waals surface area contributed by atoms with Gasteiger partial charge in [-0.05, 0) is 67.6 Å². The maximum Gasteiger partial charge on any atom is 0.119 e. The van der Waals surface area contributed by atoms with Crippen molar-refractivity contribution in [2.24, 2.45) is 0 Å². The van der Waals surface area contributed by atoms with Gasteiger partial charge in [-0.2, -0.15) is 0 Å². The second-order valence-electron chi connectivity index (χ2n) is 8.72. The molecule has 1 heterocycles. The van der Waals surface area contributed by atoms with Gasteiger partial charge in [0.05, 0.1) is 19.3 Å². The number of ether oxygens (including phenoxy) is 2. The number of anilines is 1. The van der Waals surface area contributed by atoms with Crippen LogP contribution in [0.4, 0.5) is 5.69 Å². The van der Waals surface area contributed by atoms with Crippen molar-refractivity contribution in [2.45, 2.75) is 51.2 Å². The normalized spacial score (nSPS) is 15.2. The second-order valence-corrected chi connectivity index (χ2v) is 8.72. The van der Waals surface area contributed by atoms with Gasteiger partial charge >= 0.3 is 0 Å². The lowest BCUT2D eigenvalue weighted by Crippen LogP contribution is -2.45. The Balaban J connectivity index is 0.00000272. The van der Waals surface area contributed by atoms with Gasteiger partial charge in [-0.25, -0.2) is 0 Å². The molecule has 0 aliphatic carbocycles. The highest BCUT2D eigenvalue weighted by atomic mass is 35.5. The van der Waals surface area contributed by atoms with E-state index in [2.05, 4.69) is 48.0 Å². The highest BCUT2D eigenvalue weighted by Gasteiger charge is 2.32. The fraction of sp³-hybridized carbons (Fsp3) is 0.538. The Morgan fingerprint density at radius 1 is 1.03 bits per heavy atom. The Kier molecular flexibility index (Phi) is 13.0. The van der Waals surface area contributed by atoms with Gasteiger partial charge < -0.3 is 19.5 Å². The van der Waals surface area contributed by atoms with Crippen molar-refractivity contribution in [3.8, 4) is 11.5 Å². The molecule has 0 bridgehead atoms. The van der Waals surface area contributed by atoms with E-state index in [0.29, 0.717) is 0 Å². The van der Waals surface area contributed by atoms with Crippen LogP contribution in [-0.2, 0) is 6.54 Å². The molecule has 1 aliphatic heterocycles. The Morgan fingerprint density at radius 3 is 2.36 bits per heavy atom. The molecule has 1 aliphatic rings. The molecule has 0 saturated carbocycles. The first-order valence-corrected chi connectivity index (χ1v) is 11.5. The van der Waals surface area contributed by atoms with Crippen molar-refractivity contribution < 1.29 is 14.6 Å². The molecule has 0 atom stereocenters. The van der Waals surface area contributed by atoms with Crippen LogP contribution in [0.1, 0.15) is 44.6 Å². The van der Waals surface area contributed by atoms with Crippen LogP contribution in [0.25, 0.3) is 0 Å². The van der Waals surface area contributed by atoms with Crippen LogP contribution >= 0.6 is 24.8 Å². The van der Waals surface area contributed by atoms with Gasteiger partial charge in [-0.1, -0.05) is 25.5 Å². The third-order valence-corrected chi connectivity index (χ3v) is 6.28. The van der Waals surface area contributed by atoms with Gasteiger partial charge in [0.25, 0.3) is 0 Å². The molecule has 2 aromatic carbocycles. The van der Waals surface area contributed by atoms with E-state index in [0.717, 1.165) is 82.1 Å². The minimum atomic E-state index is -0.581. The number of likely N-dealkylation sites (tertiary alicyclic amines) is 1. The van der Waals surface area contributed by atoms with E-state index in [1.54, 1.807) is 7.11 Å². The van der Waals surface area contributed by atoms with Gasteiger partial charge in [0.15, 0.2) is 0 Å². The van der Waals surface area contributed by atoms with E-state index in [1.807, 2.05) is 24.3 Å². The SMILES string of the molecule is CCCCOc1ccc(N(C)CCC2(O)CCN(Cc3cccc(OC)c3)CC2)cc1.Cl.Cl. The number of hydrogen-bond donors (Lipinski definition) is 1. The summed E-state index contributed by atoms with van der Waals surface area (Å²) >= 11 is 0. The molecule has 1 N–H and O–H groups in total. The summed E-state index contributed by atoms with van der Waals surface area (Å²) in [5, 5.41) is 11.1. The third kappa shape index (κ3) is 9.24. The highest BCUT2D eigenvalue weighted by molar-refractivity contribution is 5.85. The molecule has 0 spiro atoms. The fourth-order valence-corrected chi connectivity index (χ4v) is 4.04. The number of benzene rings is 2. The highest BCUT2D eigenvalue weighted by Crippen LogP contribution is 2.28. The average molecular weight is 500 g/mol. The quantitative estimate of drug-likeness (QED) is 0.410. The molecular formula is C26H40Cl2N2O3. The van der Waals surface area contributed by atoms with E-state index < -0.39 is 5.60 Å². The molecule has 0 radical (unpaired) electrons. The number of piperidine rings is 1. The summed E-state index contributed by atoms with van der Waals surface area (Å²) in [6.45, 7) is 6.51. The second kappa shape index (κ2) is 14.6. The first kappa shape index (κ1) is 29.4. The Hall–Kier alpha value is -1.66. The molecule has 1 saturated heterocycles. The van der Waals surface area contributed by atoms with E-state index in [9.17, 15) is 5.11 Å². The number of unbranched alkanes of at least 4 members (excludes halogenated alkanes) is 1. The fourth-order valence-electron chi connectivity index (χ4n) is 4.04. The molecule has 33 heavy (non-hydrogen) atoms. The van der Waals surface area contributed by atoms with Gasteiger partial charge in [0, 0.05) is 38.9 Å². The summed E-state index contributed by atoms with van der Waals surface area (Å²) in [5.41, 5.74) is 1.83. The average Bonchev–Trinajstić information content (AvgIpc) is 2.80. The molecule has 0 amide bonds. The maximum atomic E-state index is 11.1. The molecule has 2 aromatic rings. The van der Waals surface area contributed by atoms with Crippen LogP contribution in [0.2, 0.25) is 0 Å². The summed E-state index contributed by atoms with van der Waals surface area (Å²) in [7, 11) is 3.79. The van der Waals surface area contributed by atoms with Crippen LogP contribution < -0.4 is 14.4 Å². The molecule has 7 heteroatoms. The minimum absolute atomic E-state index is 0. The zero-order valence-corrected chi connectivity index (χ0v) is 21.8. The lowest BCUT2D eigenvalue weighted by molar-refractivity contribution is -0.0275. The van der Waals surface area contributed by atoms with Crippen molar-refractivity contribution in [1.29, 1.82) is 0 Å². The van der Waals surface area contributed by atoms with Crippen molar-refractivity contribution in [1.82, 2.24) is 4.90 Å². The molecule has 186 valence electrons. The zero-order chi connectivity index (χ0) is 22.1. The van der Waals surface area contributed by atoms with Crippen molar-refractivity contribution >= 4 is 30.5 Å². The van der Waals surface area contributed by atoms with E-state index in [-0.39, 0.29) is 24.8 Å². The number of hydrogen-bond acceptors (Lipinski definition) is 5. The molecule has 1 fully saturated rings. The zero-order valence-electron chi connectivity index (χ0n) is 20.2. The van der Waals surface area contributed by atoms with E-state index in [1.165, 1.54) is 5.56 Å². The predicted octanol–water partition coefficient (Wildman–Crippen LogP) is 5.57. The van der Waals surface area contributed by atoms with Crippen molar-refractivity contribution in [2.75, 3.05) is 45.3 Å². The summed E-state index contributed by atoms with van der Waals surface area (Å²) in [6, 6.07) is 16.5. The monoisotopic (exact) mass is 498 g/mol. The summed E-state index contributed by atoms with van der Waals surface area (Å²) in [6.07, 6.45) is 4.63. The number of halogens is 2. The van der Waals surface area contributed by atoms with Crippen molar-refractivity contribution in [3.05, 3.63) is 54.1 Å². The van der Waals surface area contributed by atoms with Gasteiger partial charge in [0.2, 0.25) is 0 Å². The maximum absolute atomic E-state index is 11.1. The first-order chi connectivity index (χ1) is 15.0. The van der Waals surface area contributed by atoms with Gasteiger partial charge in [0.1, 0.15) is 11.5 Å². The Bertz CT molecular complexity index is 796. The smallest absolute Gasteiger partial charge is 0.119 e. The van der Waals surface area contributed by atoms with Crippen molar-refractivity contribution in [3.63, 3.8) is 0 Å². The van der Waals surface area contributed by atoms with Crippen LogP contribution in [-0.4, -0.2) is 56.0 Å². The van der Waals surface area contributed by atoms with Crippen LogP contribution in [0, 0.1) is 0 Å². The van der Waals surface area contributed by atoms with Gasteiger partial charge in [-0.3, -0.25) is 4.90 Å². The largest absolute Gasteiger partial charge is 0.497 e. The predicted molar refractivity (Wildman–Crippen MR) is 142 cm³/mol. The Morgan fingerprint density at radius 2 is 1.73 bits per heavy atom. The standard InChI is InChI=1S/C26H38N2O3.2ClH/c1-4-5-19-31-24-11-9-23(10-12-24)27(2)16-13-26(29)14-17-28(18-15-26)21-22-7-6-8-25(20-22)30-3;;/h6-12,20,29H,4-5,13-19,21H2,1-3H3;2*1H. The summed E-state index contributed by atoms with van der Waals surface area (Å²) in [4.78, 5) is 4.64. The number of aliphatic hydroxyl groups is 1. The topological polar surface area (TPSA) is 45.2 Å². The number of rotatable bonds is 11. The minimum Gasteiger partial charge on any atom is -0.497 e. The molecule has 5 nitrogen and oxygen atoms in total. The summed E-state index contributed by atoms with van der Waals surface area (Å²) in [5.74, 6) is 1.82. The van der Waals surface area contributed by atoms with E-state index >= 15 is 0 Å². The first-order valence-electron chi connectivity index (χ1n) is 11.5. The van der Waals surface area contributed by atoms with Crippen LogP contribution in [0.3, 0.4) is 0 Å². The molecule has 0 aromatic heterocycles. The molecule has 3 rings (SSSR count). The summed E-state index contributed by atoms with van der Waals surface area (Å²) < 4.78 is 11.1. The molecule has 0 unspecified atom stereocenters. The van der Waals surface area contributed by atoms with E-state index in [4.69, 9.17) is 9.47 Å². The Labute approximate surface area is 211 Å². The van der Waals surface area contributed by atoms with Crippen LogP contribution in [0.5, 0.6) is 11.5 Å². The van der Waals surface area contributed by atoms with Gasteiger partial charge in [-0.15, -0.1) is 24.8 Å². The van der Waals surface area contributed by atoms with Crippen LogP contribution in [0.15, 0.2) is 48.5 Å². The molecular weight excluding hydrogens is 459 g/mol.